The molecule has 4 heteroatoms. The second-order valence-corrected chi connectivity index (χ2v) is 4.89. The maximum atomic E-state index is 12.5. The van der Waals surface area contributed by atoms with E-state index in [9.17, 15) is 9.59 Å². The van der Waals surface area contributed by atoms with E-state index < -0.39 is 0 Å². The number of fused-ring (bicyclic) bond motifs is 2. The fourth-order valence-electron chi connectivity index (χ4n) is 2.97. The van der Waals surface area contributed by atoms with Crippen LogP contribution in [0, 0.1) is 5.92 Å². The Labute approximate surface area is 111 Å². The standard InChI is InChI=1S/C15H15NO3/c1-19-15(18)12-9-11-7-8-13(12)16(11)14(17)10-5-3-2-4-6-10/h2-8,11-13H,9H2,1H3/t11-,12+,13+/m1/s1. The third-order valence-corrected chi connectivity index (χ3v) is 3.88. The zero-order valence-corrected chi connectivity index (χ0v) is 10.7. The quantitative estimate of drug-likeness (QED) is 0.597. The van der Waals surface area contributed by atoms with E-state index in [2.05, 4.69) is 0 Å². The average Bonchev–Trinajstić information content (AvgIpc) is 3.04. The monoisotopic (exact) mass is 257 g/mol. The van der Waals surface area contributed by atoms with Crippen LogP contribution in [0.2, 0.25) is 0 Å². The normalized spacial score (nSPS) is 27.6. The molecule has 2 aliphatic rings. The van der Waals surface area contributed by atoms with Crippen LogP contribution in [-0.2, 0) is 9.53 Å². The van der Waals surface area contributed by atoms with Crippen molar-refractivity contribution in [2.75, 3.05) is 7.11 Å². The van der Waals surface area contributed by atoms with Crippen LogP contribution in [0.15, 0.2) is 42.5 Å². The van der Waals surface area contributed by atoms with Crippen LogP contribution in [0.1, 0.15) is 16.8 Å². The van der Waals surface area contributed by atoms with Crippen LogP contribution in [0.25, 0.3) is 0 Å². The molecule has 1 saturated heterocycles. The van der Waals surface area contributed by atoms with Crippen molar-refractivity contribution in [3.05, 3.63) is 48.0 Å². The Hall–Kier alpha value is -2.10. The van der Waals surface area contributed by atoms with E-state index in [1.54, 1.807) is 17.0 Å². The Kier molecular flexibility index (Phi) is 2.85. The topological polar surface area (TPSA) is 46.6 Å². The molecule has 19 heavy (non-hydrogen) atoms. The first kappa shape index (κ1) is 12.0. The van der Waals surface area contributed by atoms with Crippen LogP contribution in [-0.4, -0.2) is 36.0 Å². The van der Waals surface area contributed by atoms with Crippen molar-refractivity contribution in [1.82, 2.24) is 4.90 Å². The molecule has 4 nitrogen and oxygen atoms in total. The minimum Gasteiger partial charge on any atom is -0.469 e. The molecule has 3 rings (SSSR count). The van der Waals surface area contributed by atoms with Crippen LogP contribution in [0.3, 0.4) is 0 Å². The maximum Gasteiger partial charge on any atom is 0.311 e. The number of amides is 1. The van der Waals surface area contributed by atoms with E-state index in [1.807, 2.05) is 30.4 Å². The predicted molar refractivity (Wildman–Crippen MR) is 69.5 cm³/mol. The summed E-state index contributed by atoms with van der Waals surface area (Å²) in [5.74, 6) is -0.484. The highest BCUT2D eigenvalue weighted by Gasteiger charge is 2.48. The van der Waals surface area contributed by atoms with Crippen molar-refractivity contribution < 1.29 is 14.3 Å². The second kappa shape index (κ2) is 4.53. The van der Waals surface area contributed by atoms with E-state index in [0.717, 1.165) is 0 Å². The third kappa shape index (κ3) is 1.84. The summed E-state index contributed by atoms with van der Waals surface area (Å²) < 4.78 is 4.81. The van der Waals surface area contributed by atoms with E-state index in [1.165, 1.54) is 7.11 Å². The fourth-order valence-corrected chi connectivity index (χ4v) is 2.97. The van der Waals surface area contributed by atoms with Crippen LogP contribution < -0.4 is 0 Å². The van der Waals surface area contributed by atoms with Gasteiger partial charge in [0.25, 0.3) is 5.91 Å². The van der Waals surface area contributed by atoms with Crippen molar-refractivity contribution in [3.63, 3.8) is 0 Å². The van der Waals surface area contributed by atoms with Gasteiger partial charge in [0.05, 0.1) is 25.1 Å². The number of benzene rings is 1. The number of hydrogen-bond acceptors (Lipinski definition) is 3. The molecule has 2 bridgehead atoms. The van der Waals surface area contributed by atoms with Crippen molar-refractivity contribution in [1.29, 1.82) is 0 Å². The molecule has 0 spiro atoms. The van der Waals surface area contributed by atoms with Gasteiger partial charge in [-0.05, 0) is 18.6 Å². The van der Waals surface area contributed by atoms with Gasteiger partial charge in [-0.3, -0.25) is 9.59 Å². The molecule has 2 heterocycles. The summed E-state index contributed by atoms with van der Waals surface area (Å²) in [6.45, 7) is 0. The third-order valence-electron chi connectivity index (χ3n) is 3.88. The molecule has 0 unspecified atom stereocenters. The number of hydrogen-bond donors (Lipinski definition) is 0. The Morgan fingerprint density at radius 2 is 1.95 bits per heavy atom. The molecule has 0 aromatic heterocycles. The van der Waals surface area contributed by atoms with Gasteiger partial charge in [-0.25, -0.2) is 0 Å². The van der Waals surface area contributed by atoms with Gasteiger partial charge in [-0.15, -0.1) is 0 Å². The van der Waals surface area contributed by atoms with Gasteiger partial charge < -0.3 is 9.64 Å². The number of methoxy groups -OCH3 is 1. The van der Waals surface area contributed by atoms with Crippen LogP contribution >= 0.6 is 0 Å². The molecule has 3 atom stereocenters. The molecular weight excluding hydrogens is 242 g/mol. The van der Waals surface area contributed by atoms with Crippen LogP contribution in [0.5, 0.6) is 0 Å². The minimum absolute atomic E-state index is 0.0156. The van der Waals surface area contributed by atoms with Gasteiger partial charge in [-0.2, -0.15) is 0 Å². The summed E-state index contributed by atoms with van der Waals surface area (Å²) in [6, 6.07) is 9.02. The summed E-state index contributed by atoms with van der Waals surface area (Å²) in [6.07, 6.45) is 4.61. The summed E-state index contributed by atoms with van der Waals surface area (Å²) in [7, 11) is 1.39. The van der Waals surface area contributed by atoms with E-state index in [-0.39, 0.29) is 29.9 Å². The fraction of sp³-hybridized carbons (Fsp3) is 0.333. The lowest BCUT2D eigenvalue weighted by atomic mass is 9.94. The molecule has 0 aliphatic carbocycles. The highest BCUT2D eigenvalue weighted by Crippen LogP contribution is 2.38. The Balaban J connectivity index is 1.85. The number of rotatable bonds is 2. The van der Waals surface area contributed by atoms with Crippen molar-refractivity contribution in [2.24, 2.45) is 5.92 Å². The molecule has 1 amide bonds. The van der Waals surface area contributed by atoms with Crippen molar-refractivity contribution >= 4 is 11.9 Å². The second-order valence-electron chi connectivity index (χ2n) is 4.89. The zero-order valence-electron chi connectivity index (χ0n) is 10.7. The lowest BCUT2D eigenvalue weighted by molar-refractivity contribution is -0.145. The smallest absolute Gasteiger partial charge is 0.311 e. The lowest BCUT2D eigenvalue weighted by Crippen LogP contribution is -2.38. The largest absolute Gasteiger partial charge is 0.469 e. The van der Waals surface area contributed by atoms with E-state index >= 15 is 0 Å². The number of ether oxygens (including phenoxy) is 1. The van der Waals surface area contributed by atoms with E-state index in [0.29, 0.717) is 12.0 Å². The SMILES string of the molecule is COC(=O)[C@H]1C[C@H]2C=C[C@@H]1N2C(=O)c1ccccc1. The van der Waals surface area contributed by atoms with Crippen molar-refractivity contribution in [2.45, 2.75) is 18.5 Å². The summed E-state index contributed by atoms with van der Waals surface area (Å²) in [5.41, 5.74) is 0.659. The first-order valence-electron chi connectivity index (χ1n) is 6.36. The van der Waals surface area contributed by atoms with Gasteiger partial charge >= 0.3 is 5.97 Å². The number of carbonyl (C=O) groups is 2. The van der Waals surface area contributed by atoms with Gasteiger partial charge in [0.15, 0.2) is 0 Å². The first-order chi connectivity index (χ1) is 9.22. The Bertz CT molecular complexity index is 538. The number of nitrogens with zero attached hydrogens (tertiary/aromatic N) is 1. The molecule has 0 N–H and O–H groups in total. The molecule has 1 aromatic rings. The first-order valence-corrected chi connectivity index (χ1v) is 6.36. The van der Waals surface area contributed by atoms with Gasteiger partial charge in [0, 0.05) is 5.56 Å². The Morgan fingerprint density at radius 1 is 1.21 bits per heavy atom. The summed E-state index contributed by atoms with van der Waals surface area (Å²) >= 11 is 0. The molecule has 1 fully saturated rings. The number of carbonyl (C=O) groups excluding carboxylic acids is 2. The summed E-state index contributed by atoms with van der Waals surface area (Å²) in [4.78, 5) is 26.0. The maximum absolute atomic E-state index is 12.5. The highest BCUT2D eigenvalue weighted by molar-refractivity contribution is 5.96. The van der Waals surface area contributed by atoms with E-state index in [4.69, 9.17) is 4.74 Å². The van der Waals surface area contributed by atoms with Gasteiger partial charge in [0.2, 0.25) is 0 Å². The average molecular weight is 257 g/mol. The molecule has 1 aromatic carbocycles. The molecular formula is C15H15NO3. The van der Waals surface area contributed by atoms with Crippen molar-refractivity contribution in [3.8, 4) is 0 Å². The minimum atomic E-state index is -0.234. The molecule has 0 saturated carbocycles. The highest BCUT2D eigenvalue weighted by atomic mass is 16.5. The molecule has 2 aliphatic heterocycles. The van der Waals surface area contributed by atoms with Gasteiger partial charge in [-0.1, -0.05) is 30.4 Å². The van der Waals surface area contributed by atoms with Gasteiger partial charge in [0.1, 0.15) is 0 Å². The molecule has 0 radical (unpaired) electrons. The molecule has 98 valence electrons. The van der Waals surface area contributed by atoms with Crippen LogP contribution in [0.4, 0.5) is 0 Å². The Morgan fingerprint density at radius 3 is 2.63 bits per heavy atom. The zero-order chi connectivity index (χ0) is 13.4. The number of esters is 1. The lowest BCUT2D eigenvalue weighted by Gasteiger charge is -2.23. The summed E-state index contributed by atoms with van der Waals surface area (Å²) in [5, 5.41) is 0. The predicted octanol–water partition coefficient (Wildman–Crippen LogP) is 1.63.